The van der Waals surface area contributed by atoms with Crippen molar-refractivity contribution in [2.45, 2.75) is 290 Å². The topological polar surface area (TPSA) is 78.9 Å². The number of ether oxygens (including phenoxy) is 3. The van der Waals surface area contributed by atoms with Crippen LogP contribution in [0.4, 0.5) is 0 Å². The molecular weight excluding hydrogens is 961 g/mol. The van der Waals surface area contributed by atoms with Gasteiger partial charge in [0.25, 0.3) is 0 Å². The summed E-state index contributed by atoms with van der Waals surface area (Å²) in [6.45, 7) is 6.44. The number of carbonyl (C=O) groups excluding carboxylic acids is 3. The summed E-state index contributed by atoms with van der Waals surface area (Å²) in [5.74, 6) is -0.919. The van der Waals surface area contributed by atoms with E-state index >= 15 is 0 Å². The Balaban J connectivity index is 4.15. The van der Waals surface area contributed by atoms with Crippen LogP contribution in [0.25, 0.3) is 0 Å². The molecule has 0 aromatic heterocycles. The van der Waals surface area contributed by atoms with Gasteiger partial charge in [-0.2, -0.15) is 0 Å². The van der Waals surface area contributed by atoms with Crippen molar-refractivity contribution in [1.82, 2.24) is 0 Å². The van der Waals surface area contributed by atoms with Crippen LogP contribution in [0.15, 0.2) is 134 Å². The summed E-state index contributed by atoms with van der Waals surface area (Å²) < 4.78 is 16.8. The molecule has 1 unspecified atom stereocenters. The van der Waals surface area contributed by atoms with E-state index in [0.717, 1.165) is 141 Å². The van der Waals surface area contributed by atoms with Crippen LogP contribution in [0.5, 0.6) is 0 Å². The van der Waals surface area contributed by atoms with Gasteiger partial charge in [-0.25, -0.2) is 0 Å². The number of carbonyl (C=O) groups is 3. The number of allylic oxidation sites excluding steroid dienone is 22. The minimum absolute atomic E-state index is 0.0883. The Hall–Kier alpha value is -4.45. The maximum atomic E-state index is 12.8. The first kappa shape index (κ1) is 73.5. The number of hydrogen-bond acceptors (Lipinski definition) is 6. The molecule has 442 valence electrons. The van der Waals surface area contributed by atoms with Crippen molar-refractivity contribution in [3.8, 4) is 0 Å². The second kappa shape index (κ2) is 65.1. The fraction of sp³-hybridized carbons (Fsp3) is 0.653. The van der Waals surface area contributed by atoms with Crippen molar-refractivity contribution in [3.63, 3.8) is 0 Å². The van der Waals surface area contributed by atoms with E-state index in [9.17, 15) is 14.4 Å². The molecular formula is C72H118O6. The smallest absolute Gasteiger partial charge is 0.306 e. The lowest BCUT2D eigenvalue weighted by Crippen LogP contribution is -2.30. The van der Waals surface area contributed by atoms with Crippen molar-refractivity contribution >= 4 is 17.9 Å². The van der Waals surface area contributed by atoms with E-state index < -0.39 is 6.10 Å². The molecule has 6 heteroatoms. The van der Waals surface area contributed by atoms with Gasteiger partial charge in [0.15, 0.2) is 6.10 Å². The molecule has 0 aliphatic heterocycles. The lowest BCUT2D eigenvalue weighted by Gasteiger charge is -2.18. The van der Waals surface area contributed by atoms with Crippen molar-refractivity contribution in [2.75, 3.05) is 13.2 Å². The zero-order valence-electron chi connectivity index (χ0n) is 50.6. The van der Waals surface area contributed by atoms with Crippen LogP contribution in [0.2, 0.25) is 0 Å². The zero-order valence-corrected chi connectivity index (χ0v) is 50.6. The van der Waals surface area contributed by atoms with Gasteiger partial charge in [0.1, 0.15) is 13.2 Å². The van der Waals surface area contributed by atoms with E-state index in [2.05, 4.69) is 154 Å². The van der Waals surface area contributed by atoms with E-state index in [1.807, 2.05) is 0 Å². The number of unbranched alkanes of at least 4 members (excludes halogenated alkanes) is 24. The first-order valence-electron chi connectivity index (χ1n) is 32.2. The van der Waals surface area contributed by atoms with E-state index in [0.29, 0.717) is 19.3 Å². The third-order valence-electron chi connectivity index (χ3n) is 13.4. The molecule has 6 nitrogen and oxygen atoms in total. The minimum Gasteiger partial charge on any atom is -0.462 e. The van der Waals surface area contributed by atoms with E-state index in [1.165, 1.54) is 103 Å². The average molecular weight is 1080 g/mol. The highest BCUT2D eigenvalue weighted by Gasteiger charge is 2.19. The Morgan fingerprint density at radius 3 is 0.782 bits per heavy atom. The third-order valence-corrected chi connectivity index (χ3v) is 13.4. The quantitative estimate of drug-likeness (QED) is 0.0261. The van der Waals surface area contributed by atoms with Gasteiger partial charge in [0.2, 0.25) is 0 Å². The number of esters is 3. The van der Waals surface area contributed by atoms with Crippen molar-refractivity contribution in [1.29, 1.82) is 0 Å². The van der Waals surface area contributed by atoms with Crippen LogP contribution in [0.3, 0.4) is 0 Å². The summed E-state index contributed by atoms with van der Waals surface area (Å²) in [6, 6.07) is 0. The highest BCUT2D eigenvalue weighted by molar-refractivity contribution is 5.71. The zero-order chi connectivity index (χ0) is 56.4. The Morgan fingerprint density at radius 2 is 0.500 bits per heavy atom. The van der Waals surface area contributed by atoms with Gasteiger partial charge in [0.05, 0.1) is 0 Å². The Labute approximate surface area is 481 Å². The fourth-order valence-electron chi connectivity index (χ4n) is 8.58. The van der Waals surface area contributed by atoms with Crippen molar-refractivity contribution in [3.05, 3.63) is 134 Å². The molecule has 0 aromatic rings. The number of rotatable bonds is 57. The van der Waals surface area contributed by atoms with Crippen LogP contribution < -0.4 is 0 Å². The first-order valence-corrected chi connectivity index (χ1v) is 32.2. The molecule has 0 radical (unpaired) electrons. The molecule has 0 rings (SSSR count). The lowest BCUT2D eigenvalue weighted by molar-refractivity contribution is -0.167. The normalized spacial score (nSPS) is 13.0. The van der Waals surface area contributed by atoms with E-state index in [1.54, 1.807) is 0 Å². The highest BCUT2D eigenvalue weighted by Crippen LogP contribution is 2.15. The van der Waals surface area contributed by atoms with Gasteiger partial charge < -0.3 is 14.2 Å². The van der Waals surface area contributed by atoms with Crippen LogP contribution in [-0.4, -0.2) is 37.2 Å². The molecule has 0 aliphatic rings. The highest BCUT2D eigenvalue weighted by atomic mass is 16.6. The Morgan fingerprint density at radius 1 is 0.269 bits per heavy atom. The van der Waals surface area contributed by atoms with Gasteiger partial charge >= 0.3 is 17.9 Å². The monoisotopic (exact) mass is 1080 g/mol. The van der Waals surface area contributed by atoms with Crippen molar-refractivity contribution < 1.29 is 28.6 Å². The third kappa shape index (κ3) is 62.4. The summed E-state index contributed by atoms with van der Waals surface area (Å²) in [5, 5.41) is 0. The van der Waals surface area contributed by atoms with Gasteiger partial charge in [-0.1, -0.05) is 276 Å². The second-order valence-corrected chi connectivity index (χ2v) is 20.9. The molecule has 0 heterocycles. The van der Waals surface area contributed by atoms with E-state index in [-0.39, 0.29) is 31.1 Å². The molecule has 0 bridgehead atoms. The standard InChI is InChI=1S/C72H118O6/c1-4-7-10-13-16-18-20-22-24-26-28-30-31-32-33-34-35-36-37-38-39-40-41-43-44-46-48-50-52-54-56-59-62-65-71(74)77-68-69(67-76-70(73)64-61-58-15-12-9-6-3)78-72(75)66-63-60-57-55-53-51-49-47-45-42-29-27-25-23-21-19-17-14-11-8-5-2/h7,10,16,18,21-24,27-30,32-33,35-36,38-39,41,43,45,47,69H,4-6,8-9,11-15,17,19-20,25-26,31,34,37,40,42,44,46,48-68H2,1-3H3/b10-7-,18-16-,23-21-,24-22-,29-27-,30-28-,33-32-,36-35-,39-38-,43-41-,47-45-. The van der Waals surface area contributed by atoms with Crippen LogP contribution >= 0.6 is 0 Å². The summed E-state index contributed by atoms with van der Waals surface area (Å²) in [7, 11) is 0. The SMILES string of the molecule is CC/C=C\C/C=C\C/C=C\C/C=C\C/C=C\C/C=C\C/C=C\C/C=C\CCCCCCCCCCC(=O)OCC(COC(=O)CCCCCCCC)OC(=O)CCCCCCCC/C=C\C/C=C\C/C=C\CCCCCCC. The summed E-state index contributed by atoms with van der Waals surface area (Å²) >= 11 is 0. The van der Waals surface area contributed by atoms with Gasteiger partial charge in [0, 0.05) is 19.3 Å². The molecule has 0 saturated carbocycles. The number of hydrogen-bond donors (Lipinski definition) is 0. The molecule has 0 fully saturated rings. The fourth-order valence-corrected chi connectivity index (χ4v) is 8.58. The van der Waals surface area contributed by atoms with Gasteiger partial charge in [-0.05, 0) is 122 Å². The second-order valence-electron chi connectivity index (χ2n) is 20.9. The average Bonchev–Trinajstić information content (AvgIpc) is 3.44. The van der Waals surface area contributed by atoms with E-state index in [4.69, 9.17) is 14.2 Å². The summed E-state index contributed by atoms with van der Waals surface area (Å²) in [5.41, 5.74) is 0. The summed E-state index contributed by atoms with van der Waals surface area (Å²) in [4.78, 5) is 38.0. The molecule has 0 N–H and O–H groups in total. The minimum atomic E-state index is -0.790. The maximum absolute atomic E-state index is 12.8. The largest absolute Gasteiger partial charge is 0.462 e. The summed E-state index contributed by atoms with van der Waals surface area (Å²) in [6.07, 6.45) is 92.0. The molecule has 0 saturated heterocycles. The molecule has 78 heavy (non-hydrogen) atoms. The molecule has 0 aromatic carbocycles. The lowest BCUT2D eigenvalue weighted by atomic mass is 10.1. The van der Waals surface area contributed by atoms with Gasteiger partial charge in [-0.3, -0.25) is 14.4 Å². The van der Waals surface area contributed by atoms with Crippen LogP contribution in [0, 0.1) is 0 Å². The Bertz CT molecular complexity index is 1670. The van der Waals surface area contributed by atoms with Crippen molar-refractivity contribution in [2.24, 2.45) is 0 Å². The predicted octanol–water partition coefficient (Wildman–Crippen LogP) is 22.2. The molecule has 0 spiro atoms. The van der Waals surface area contributed by atoms with Gasteiger partial charge in [-0.15, -0.1) is 0 Å². The predicted molar refractivity (Wildman–Crippen MR) is 339 cm³/mol. The van der Waals surface area contributed by atoms with Crippen LogP contribution in [-0.2, 0) is 28.6 Å². The molecule has 1 atom stereocenters. The first-order chi connectivity index (χ1) is 38.5. The molecule has 0 amide bonds. The maximum Gasteiger partial charge on any atom is 0.306 e. The van der Waals surface area contributed by atoms with Crippen LogP contribution in [0.1, 0.15) is 284 Å². The Kier molecular flexibility index (Phi) is 61.4. The molecule has 0 aliphatic carbocycles.